The van der Waals surface area contributed by atoms with Gasteiger partial charge in [0, 0.05) is 37.9 Å². The van der Waals surface area contributed by atoms with Gasteiger partial charge in [-0.05, 0) is 77.4 Å². The third-order valence-corrected chi connectivity index (χ3v) is 7.71. The number of pyridine rings is 2. The molecule has 1 aliphatic carbocycles. The lowest BCUT2D eigenvalue weighted by molar-refractivity contribution is 0.0984. The standard InChI is InChI=1S/C27H37N7O/c1-18(2)33(22-10-5-8-19-9-7-14-29-25(19)22)17-21-26(27(28)35)34-23(30-21)11-6-12-24(34)32-15-13-20(16-32)31(3)4/h6-7,9,11-12,14,18,20,22H,5,8,10,13,15-17H2,1-4H3,(H2,28,35)/t20-,22?/m1/s1. The number of fused-ring (bicyclic) bond motifs is 2. The Kier molecular flexibility index (Phi) is 6.51. The van der Waals surface area contributed by atoms with Gasteiger partial charge in [0.25, 0.3) is 5.91 Å². The zero-order valence-corrected chi connectivity index (χ0v) is 21.3. The number of aromatic nitrogens is 3. The summed E-state index contributed by atoms with van der Waals surface area (Å²) in [6.45, 7) is 6.82. The smallest absolute Gasteiger partial charge is 0.267 e. The van der Waals surface area contributed by atoms with Crippen molar-refractivity contribution in [3.05, 3.63) is 59.2 Å². The van der Waals surface area contributed by atoms with Crippen molar-refractivity contribution in [2.75, 3.05) is 32.1 Å². The van der Waals surface area contributed by atoms with Gasteiger partial charge in [0.1, 0.15) is 17.2 Å². The highest BCUT2D eigenvalue weighted by atomic mass is 16.1. The molecule has 0 aromatic carbocycles. The van der Waals surface area contributed by atoms with Crippen molar-refractivity contribution >= 4 is 17.4 Å². The van der Waals surface area contributed by atoms with E-state index in [4.69, 9.17) is 15.7 Å². The average molecular weight is 476 g/mol. The van der Waals surface area contributed by atoms with Crippen molar-refractivity contribution in [3.63, 3.8) is 0 Å². The molecule has 0 saturated carbocycles. The first-order valence-corrected chi connectivity index (χ1v) is 12.8. The van der Waals surface area contributed by atoms with E-state index in [0.29, 0.717) is 18.3 Å². The zero-order valence-electron chi connectivity index (χ0n) is 21.3. The minimum absolute atomic E-state index is 0.199. The van der Waals surface area contributed by atoms with Crippen LogP contribution >= 0.6 is 0 Å². The Morgan fingerprint density at radius 1 is 1.20 bits per heavy atom. The molecule has 35 heavy (non-hydrogen) atoms. The summed E-state index contributed by atoms with van der Waals surface area (Å²) in [6.07, 6.45) is 6.23. The van der Waals surface area contributed by atoms with Crippen LogP contribution in [0.15, 0.2) is 36.5 Å². The van der Waals surface area contributed by atoms with Crippen LogP contribution in [0.1, 0.15) is 66.6 Å². The molecule has 1 fully saturated rings. The predicted molar refractivity (Wildman–Crippen MR) is 139 cm³/mol. The van der Waals surface area contributed by atoms with Gasteiger partial charge < -0.3 is 15.5 Å². The van der Waals surface area contributed by atoms with Crippen LogP contribution in [-0.4, -0.2) is 69.3 Å². The maximum Gasteiger partial charge on any atom is 0.267 e. The van der Waals surface area contributed by atoms with Crippen molar-refractivity contribution in [2.24, 2.45) is 5.73 Å². The number of nitrogens with zero attached hydrogens (tertiary/aromatic N) is 6. The van der Waals surface area contributed by atoms with Gasteiger partial charge in [0.15, 0.2) is 0 Å². The van der Waals surface area contributed by atoms with Crippen molar-refractivity contribution in [3.8, 4) is 0 Å². The Bertz CT molecular complexity index is 1220. The van der Waals surface area contributed by atoms with Gasteiger partial charge in [-0.1, -0.05) is 12.1 Å². The number of rotatable bonds is 7. The Morgan fingerprint density at radius 2 is 2.03 bits per heavy atom. The van der Waals surface area contributed by atoms with Crippen LogP contribution in [0.4, 0.5) is 5.82 Å². The summed E-state index contributed by atoms with van der Waals surface area (Å²) in [5.41, 5.74) is 10.5. The van der Waals surface area contributed by atoms with E-state index in [0.717, 1.165) is 61.6 Å². The molecule has 2 aliphatic rings. The number of hydrogen-bond donors (Lipinski definition) is 1. The van der Waals surface area contributed by atoms with Crippen molar-refractivity contribution in [1.29, 1.82) is 0 Å². The molecule has 2 atom stereocenters. The van der Waals surface area contributed by atoms with E-state index in [1.165, 1.54) is 5.56 Å². The number of hydrogen-bond acceptors (Lipinski definition) is 6. The lowest BCUT2D eigenvalue weighted by Crippen LogP contribution is -2.37. The lowest BCUT2D eigenvalue weighted by Gasteiger charge is -2.37. The van der Waals surface area contributed by atoms with E-state index in [-0.39, 0.29) is 12.1 Å². The predicted octanol–water partition coefficient (Wildman–Crippen LogP) is 3.26. The third kappa shape index (κ3) is 4.41. The summed E-state index contributed by atoms with van der Waals surface area (Å²) in [4.78, 5) is 29.6. The molecule has 3 aromatic rings. The number of carbonyl (C=O) groups excluding carboxylic acids is 1. The summed E-state index contributed by atoms with van der Waals surface area (Å²) >= 11 is 0. The first-order valence-electron chi connectivity index (χ1n) is 12.8. The number of primary amides is 1. The Morgan fingerprint density at radius 3 is 2.74 bits per heavy atom. The Hall–Kier alpha value is -2.97. The summed E-state index contributed by atoms with van der Waals surface area (Å²) in [7, 11) is 4.25. The van der Waals surface area contributed by atoms with Crippen molar-refractivity contribution < 1.29 is 4.79 Å². The molecule has 0 radical (unpaired) electrons. The molecule has 1 unspecified atom stereocenters. The minimum Gasteiger partial charge on any atom is -0.364 e. The zero-order chi connectivity index (χ0) is 24.7. The summed E-state index contributed by atoms with van der Waals surface area (Å²) in [5.74, 6) is 0.550. The van der Waals surface area contributed by atoms with Crippen LogP contribution in [-0.2, 0) is 13.0 Å². The summed E-state index contributed by atoms with van der Waals surface area (Å²) in [6, 6.07) is 11.2. The molecule has 8 heteroatoms. The van der Waals surface area contributed by atoms with Gasteiger partial charge in [-0.2, -0.15) is 0 Å². The van der Waals surface area contributed by atoms with Gasteiger partial charge in [0.2, 0.25) is 0 Å². The molecule has 0 bridgehead atoms. The molecule has 186 valence electrons. The molecule has 0 spiro atoms. The maximum atomic E-state index is 12.9. The van der Waals surface area contributed by atoms with Crippen LogP contribution in [0.5, 0.6) is 0 Å². The number of likely N-dealkylation sites (N-methyl/N-ethyl adjacent to an activating group) is 1. The number of anilines is 1. The van der Waals surface area contributed by atoms with Gasteiger partial charge in [0.05, 0.1) is 17.4 Å². The van der Waals surface area contributed by atoms with Crippen LogP contribution in [0, 0.1) is 0 Å². The highest BCUT2D eigenvalue weighted by molar-refractivity contribution is 5.94. The molecule has 1 amide bonds. The fourth-order valence-corrected chi connectivity index (χ4v) is 5.84. The van der Waals surface area contributed by atoms with E-state index < -0.39 is 5.91 Å². The van der Waals surface area contributed by atoms with E-state index in [1.54, 1.807) is 0 Å². The number of nitrogens with two attached hydrogens (primary N) is 1. The van der Waals surface area contributed by atoms with Gasteiger partial charge in [-0.3, -0.25) is 19.1 Å². The van der Waals surface area contributed by atoms with E-state index in [2.05, 4.69) is 54.8 Å². The first-order chi connectivity index (χ1) is 16.8. The monoisotopic (exact) mass is 475 g/mol. The molecule has 1 saturated heterocycles. The second-order valence-corrected chi connectivity index (χ2v) is 10.4. The van der Waals surface area contributed by atoms with E-state index >= 15 is 0 Å². The van der Waals surface area contributed by atoms with Crippen molar-refractivity contribution in [1.82, 2.24) is 24.2 Å². The number of carbonyl (C=O) groups is 1. The highest BCUT2D eigenvalue weighted by Crippen LogP contribution is 2.36. The normalized spacial score (nSPS) is 20.4. The average Bonchev–Trinajstić information content (AvgIpc) is 3.47. The molecule has 5 rings (SSSR count). The summed E-state index contributed by atoms with van der Waals surface area (Å²) in [5, 5.41) is 0. The van der Waals surface area contributed by atoms with Crippen LogP contribution in [0.3, 0.4) is 0 Å². The van der Waals surface area contributed by atoms with Gasteiger partial charge >= 0.3 is 0 Å². The molecule has 1 aliphatic heterocycles. The second kappa shape index (κ2) is 9.59. The Balaban J connectivity index is 1.54. The van der Waals surface area contributed by atoms with Crippen LogP contribution in [0.2, 0.25) is 0 Å². The number of imidazole rings is 1. The number of aryl methyl sites for hydroxylation is 1. The maximum absolute atomic E-state index is 12.9. The number of amides is 1. The quantitative estimate of drug-likeness (QED) is 0.565. The van der Waals surface area contributed by atoms with Gasteiger partial charge in [-0.15, -0.1) is 0 Å². The highest BCUT2D eigenvalue weighted by Gasteiger charge is 2.32. The van der Waals surface area contributed by atoms with E-state index in [1.807, 2.05) is 28.8 Å². The van der Waals surface area contributed by atoms with Crippen LogP contribution in [0.25, 0.3) is 5.65 Å². The van der Waals surface area contributed by atoms with Gasteiger partial charge in [-0.25, -0.2) is 4.98 Å². The molecule has 2 N–H and O–H groups in total. The summed E-state index contributed by atoms with van der Waals surface area (Å²) < 4.78 is 1.97. The molecule has 4 heterocycles. The third-order valence-electron chi connectivity index (χ3n) is 7.71. The topological polar surface area (TPSA) is 83.0 Å². The lowest BCUT2D eigenvalue weighted by atomic mass is 9.90. The minimum atomic E-state index is -0.436. The Labute approximate surface area is 207 Å². The molecular formula is C27H37N7O. The fraction of sp³-hybridized carbons (Fsp3) is 0.519. The van der Waals surface area contributed by atoms with E-state index in [9.17, 15) is 4.79 Å². The van der Waals surface area contributed by atoms with Crippen molar-refractivity contribution in [2.45, 2.75) is 64.2 Å². The SMILES string of the molecule is CC(C)N(Cc1nc2cccc(N3CC[C@@H](N(C)C)C3)n2c1C(N)=O)C1CCCc2cccnc21. The molecule has 8 nitrogen and oxygen atoms in total. The largest absolute Gasteiger partial charge is 0.364 e. The molecule has 3 aromatic heterocycles. The second-order valence-electron chi connectivity index (χ2n) is 10.4. The first kappa shape index (κ1) is 23.8. The fourth-order valence-electron chi connectivity index (χ4n) is 5.84. The van der Waals surface area contributed by atoms with Crippen LogP contribution < -0.4 is 10.6 Å². The molecular weight excluding hydrogens is 438 g/mol.